The molecule has 10 atom stereocenters. The summed E-state index contributed by atoms with van der Waals surface area (Å²) in [5.74, 6) is 0.0759. The zero-order valence-electron chi connectivity index (χ0n) is 33.6. The van der Waals surface area contributed by atoms with Crippen molar-refractivity contribution in [3.8, 4) is 0 Å². The molecule has 2 radical (unpaired) electrons. The van der Waals surface area contributed by atoms with Crippen LogP contribution < -0.4 is 11.5 Å². The summed E-state index contributed by atoms with van der Waals surface area (Å²) in [6, 6.07) is 8.75. The molecule has 1 aromatic carbocycles. The first-order chi connectivity index (χ1) is 30.9. The zero-order chi connectivity index (χ0) is 44.8. The minimum absolute atomic E-state index is 0.0326. The summed E-state index contributed by atoms with van der Waals surface area (Å²) in [7, 11) is 1.35. The summed E-state index contributed by atoms with van der Waals surface area (Å²) in [4.78, 5) is 23.4. The molecule has 340 valence electrons. The fraction of sp³-hybridized carbons (Fsp3) is 0.514. The van der Waals surface area contributed by atoms with Crippen LogP contribution in [0.1, 0.15) is 23.6 Å². The van der Waals surface area contributed by atoms with E-state index >= 15 is 8.78 Å². The lowest BCUT2D eigenvalue weighted by Gasteiger charge is -2.30. The summed E-state index contributed by atoms with van der Waals surface area (Å²) >= 11 is 0.742. The van der Waals surface area contributed by atoms with Crippen molar-refractivity contribution in [3.63, 3.8) is 0 Å². The van der Waals surface area contributed by atoms with Gasteiger partial charge in [-0.05, 0) is 34.1 Å². The summed E-state index contributed by atoms with van der Waals surface area (Å²) in [5.41, 5.74) is 22.9. The number of imidazole rings is 2. The molecule has 64 heavy (non-hydrogen) atoms. The molecule has 5 aromatic rings. The molecule has 29 heteroatoms. The van der Waals surface area contributed by atoms with Gasteiger partial charge in [-0.25, -0.2) is 38.3 Å². The van der Waals surface area contributed by atoms with Gasteiger partial charge in [0.2, 0.25) is 7.57 Å². The van der Waals surface area contributed by atoms with Crippen LogP contribution in [0.15, 0.2) is 60.6 Å². The largest absolute Gasteiger partial charge is 0.397 e. The molecule has 0 spiro atoms. The number of fused-ring (bicyclic) bond motifs is 4. The van der Waals surface area contributed by atoms with Crippen LogP contribution in [-0.2, 0) is 63.3 Å². The van der Waals surface area contributed by atoms with Crippen molar-refractivity contribution in [2.45, 2.75) is 61.6 Å². The normalized spacial score (nSPS) is 29.8. The van der Waals surface area contributed by atoms with Crippen molar-refractivity contribution < 1.29 is 59.7 Å². The molecular weight excluding hydrogens is 907 g/mol. The lowest BCUT2D eigenvalue weighted by Crippen LogP contribution is -2.37. The van der Waals surface area contributed by atoms with Crippen molar-refractivity contribution in [3.05, 3.63) is 77.1 Å². The van der Waals surface area contributed by atoms with Crippen LogP contribution >= 0.6 is 25.7 Å². The molecule has 8 rings (SSSR count). The number of azide groups is 1. The summed E-state index contributed by atoms with van der Waals surface area (Å²) in [6.07, 6.45) is -8.30. The topological polar surface area (TPSA) is 292 Å². The number of rotatable bonds is 16. The predicted molar refractivity (Wildman–Crippen MR) is 225 cm³/mol. The van der Waals surface area contributed by atoms with Crippen molar-refractivity contribution in [2.24, 2.45) is 5.11 Å². The molecule has 7 heterocycles. The second-order valence-electron chi connectivity index (χ2n) is 14.4. The zero-order valence-corrected chi connectivity index (χ0v) is 36.2. The maximum Gasteiger partial charge on any atom is 0.389 e. The maximum absolute atomic E-state index is 16.8. The van der Waals surface area contributed by atoms with E-state index in [1.807, 2.05) is 12.1 Å². The van der Waals surface area contributed by atoms with Crippen molar-refractivity contribution >= 4 is 67.1 Å². The van der Waals surface area contributed by atoms with Crippen LogP contribution in [0.3, 0.4) is 0 Å². The third-order valence-corrected chi connectivity index (χ3v) is 14.8. The van der Waals surface area contributed by atoms with E-state index in [-0.39, 0.29) is 52.7 Å². The van der Waals surface area contributed by atoms with Crippen LogP contribution in [0.25, 0.3) is 32.8 Å². The number of nitrogens with zero attached hydrogens (tertiary/aromatic N) is 10. The first-order valence-corrected chi connectivity index (χ1v) is 24.4. The molecule has 3 saturated heterocycles. The van der Waals surface area contributed by atoms with Crippen molar-refractivity contribution in [1.29, 1.82) is 0 Å². The van der Waals surface area contributed by atoms with Crippen LogP contribution in [0.2, 0.25) is 0 Å². The Morgan fingerprint density at radius 2 is 1.42 bits per heavy atom. The summed E-state index contributed by atoms with van der Waals surface area (Å²) in [5, 5.41) is 3.39. The number of anilines is 2. The fourth-order valence-corrected chi connectivity index (χ4v) is 11.4. The smallest absolute Gasteiger partial charge is 0.389 e. The van der Waals surface area contributed by atoms with Crippen molar-refractivity contribution in [2.75, 3.05) is 64.3 Å². The average Bonchev–Trinajstić information content (AvgIpc) is 4.05. The van der Waals surface area contributed by atoms with Gasteiger partial charge in [0.15, 0.2) is 41.9 Å². The van der Waals surface area contributed by atoms with Crippen LogP contribution in [-0.4, -0.2) is 131 Å². The molecule has 3 aliphatic heterocycles. The molecule has 0 amide bonds. The minimum Gasteiger partial charge on any atom is -0.397 e. The molecule has 23 nitrogen and oxygen atoms in total. The second-order valence-corrected chi connectivity index (χ2v) is 19.9. The van der Waals surface area contributed by atoms with E-state index in [0.29, 0.717) is 38.6 Å². The Labute approximate surface area is 367 Å². The Morgan fingerprint density at radius 1 is 0.812 bits per heavy atom. The number of hydrogen-bond acceptors (Lipinski definition) is 20. The van der Waals surface area contributed by atoms with E-state index in [0.717, 1.165) is 23.3 Å². The van der Waals surface area contributed by atoms with E-state index in [2.05, 4.69) is 34.9 Å². The van der Waals surface area contributed by atoms with Gasteiger partial charge in [0.1, 0.15) is 41.8 Å². The standard InChI is InChI=1S/C35H41BF2N12O11P2S/c36-62(51)56-14-23-30(26(38)35(58-23)49-18-45-27-22(39)5-6-42-32(27)49)61-63(52,64-16-21-3-1-20(2-4-21)13-55-12-11-54-10-9-53-8-7-47-48-41)57-15-24-29(60-62)25(37)34(59-24)50-19-46-28-31(40)43-17-44-33(28)50/h1-6,17-19,23-26,29-30,34-35H,7-16H2,(H2,39,42)(H2,40,43,44)/t23-,24-,25-,26-,29-,30-,34-,35-,62+,63+/m1/s1. The molecule has 3 fully saturated rings. The first-order valence-electron chi connectivity index (χ1n) is 19.6. The Hall–Kier alpha value is -4.33. The number of hydrogen-bond donors (Lipinski definition) is 2. The number of nitrogens with two attached hydrogens (primary N) is 2. The monoisotopic (exact) mass is 948 g/mol. The third-order valence-electron chi connectivity index (χ3n) is 10.1. The lowest BCUT2D eigenvalue weighted by atomic mass is 10.1. The Morgan fingerprint density at radius 3 is 2.12 bits per heavy atom. The number of nitrogen functional groups attached to an aromatic ring is 2. The SMILES string of the molecule is [B][P@]1(=O)OC[C@H]2O[C@@H](n3cnc4c(N)ccnc43)[C@H](F)[C@@H]2O[P@@](=O)(SCc2ccc(COCCOCCOCCN=[N+]=[N-])cc2)OC[C@H]2O[C@@H](n3cnc4c(N)ncnc43)[C@H](F)[C@@H]2O1. The first kappa shape index (κ1) is 46.2. The van der Waals surface area contributed by atoms with E-state index in [4.69, 9.17) is 66.3 Å². The second kappa shape index (κ2) is 20.5. The quantitative estimate of drug-likeness (QED) is 0.0332. The molecular formula is C35H41BF2N12O11P2S. The minimum atomic E-state index is -4.67. The Bertz CT molecular complexity index is 2550. The number of halogens is 2. The number of ether oxygens (including phenoxy) is 5. The third kappa shape index (κ3) is 10.5. The van der Waals surface area contributed by atoms with Crippen LogP contribution in [0.4, 0.5) is 20.3 Å². The van der Waals surface area contributed by atoms with Gasteiger partial charge in [-0.15, -0.1) is 0 Å². The molecule has 4 aromatic heterocycles. The van der Waals surface area contributed by atoms with Crippen LogP contribution in [0.5, 0.6) is 0 Å². The molecule has 0 aliphatic carbocycles. The van der Waals surface area contributed by atoms with Gasteiger partial charge < -0.3 is 44.2 Å². The van der Waals surface area contributed by atoms with Gasteiger partial charge in [-0.2, -0.15) is 0 Å². The van der Waals surface area contributed by atoms with Gasteiger partial charge in [-0.1, -0.05) is 29.4 Å². The van der Waals surface area contributed by atoms with E-state index in [1.165, 1.54) is 34.1 Å². The number of pyridine rings is 1. The van der Waals surface area contributed by atoms with E-state index in [9.17, 15) is 9.13 Å². The highest BCUT2D eigenvalue weighted by Crippen LogP contribution is 2.65. The average molecular weight is 949 g/mol. The molecule has 0 bridgehead atoms. The van der Waals surface area contributed by atoms with Gasteiger partial charge in [0.25, 0.3) is 7.47 Å². The molecule has 0 saturated carbocycles. The highest BCUT2D eigenvalue weighted by molar-refractivity contribution is 8.54. The number of aromatic nitrogens is 7. The number of alkyl halides is 2. The van der Waals surface area contributed by atoms with Gasteiger partial charge >= 0.3 is 6.80 Å². The fourth-order valence-electron chi connectivity index (χ4n) is 7.01. The molecule has 4 N–H and O–H groups in total. The summed E-state index contributed by atoms with van der Waals surface area (Å²) < 4.78 is 116. The maximum atomic E-state index is 16.8. The van der Waals surface area contributed by atoms with Gasteiger partial charge in [-0.3, -0.25) is 22.7 Å². The Kier molecular flexibility index (Phi) is 14.8. The molecule has 3 aliphatic rings. The van der Waals surface area contributed by atoms with Gasteiger partial charge in [0, 0.05) is 23.4 Å². The lowest BCUT2D eigenvalue weighted by molar-refractivity contribution is -0.0546. The van der Waals surface area contributed by atoms with E-state index in [1.54, 1.807) is 12.1 Å². The molecule has 0 unspecified atom stereocenters. The van der Waals surface area contributed by atoms with E-state index < -0.39 is 76.7 Å². The van der Waals surface area contributed by atoms with Gasteiger partial charge in [0.05, 0.1) is 71.2 Å². The Balaban J connectivity index is 0.984. The van der Waals surface area contributed by atoms with Crippen molar-refractivity contribution in [1.82, 2.24) is 34.1 Å². The number of benzene rings is 1. The highest BCUT2D eigenvalue weighted by atomic mass is 32.7. The predicted octanol–water partition coefficient (Wildman–Crippen LogP) is 4.90. The summed E-state index contributed by atoms with van der Waals surface area (Å²) in [6.45, 7) is -3.63. The highest BCUT2D eigenvalue weighted by Gasteiger charge is 2.54. The van der Waals surface area contributed by atoms with Crippen LogP contribution in [0, 0.1) is 0 Å².